The fraction of sp³-hybridized carbons (Fsp3) is 0.385. The minimum absolute atomic E-state index is 0.0615. The highest BCUT2D eigenvalue weighted by molar-refractivity contribution is 6.46. The summed E-state index contributed by atoms with van der Waals surface area (Å²) in [5.74, 6) is 0.179. The molecule has 34 heavy (non-hydrogen) atoms. The summed E-state index contributed by atoms with van der Waals surface area (Å²) >= 11 is 0. The molecule has 1 saturated heterocycles. The third-order valence-electron chi connectivity index (χ3n) is 6.34. The Morgan fingerprint density at radius 3 is 2.38 bits per heavy atom. The Kier molecular flexibility index (Phi) is 7.07. The van der Waals surface area contributed by atoms with Crippen LogP contribution in [0.15, 0.2) is 48.0 Å². The van der Waals surface area contributed by atoms with E-state index in [1.165, 1.54) is 0 Å². The van der Waals surface area contributed by atoms with Gasteiger partial charge in [-0.05, 0) is 49.0 Å². The molecule has 2 aliphatic heterocycles. The normalized spacial score (nSPS) is 19.1. The van der Waals surface area contributed by atoms with E-state index in [-0.39, 0.29) is 11.3 Å². The number of aliphatic hydroxyl groups excluding tert-OH is 1. The number of Topliss-reactive ketones (excluding diaryl/α,β-unsaturated/α-hetero) is 1. The number of amides is 1. The molecule has 0 saturated carbocycles. The summed E-state index contributed by atoms with van der Waals surface area (Å²) < 4.78 is 16.5. The summed E-state index contributed by atoms with van der Waals surface area (Å²) in [4.78, 5) is 30.1. The number of aliphatic hydroxyl groups is 1. The fourth-order valence-corrected chi connectivity index (χ4v) is 4.38. The van der Waals surface area contributed by atoms with Gasteiger partial charge in [0.1, 0.15) is 24.7 Å². The molecule has 8 heteroatoms. The smallest absolute Gasteiger partial charge is 0.295 e. The van der Waals surface area contributed by atoms with Gasteiger partial charge >= 0.3 is 0 Å². The van der Waals surface area contributed by atoms with E-state index in [9.17, 15) is 14.7 Å². The van der Waals surface area contributed by atoms with E-state index in [2.05, 4.69) is 18.7 Å². The fourth-order valence-electron chi connectivity index (χ4n) is 4.38. The maximum atomic E-state index is 13.2. The van der Waals surface area contributed by atoms with Crippen LogP contribution in [0.1, 0.15) is 31.0 Å². The molecule has 4 rings (SSSR count). The van der Waals surface area contributed by atoms with Crippen LogP contribution in [0.25, 0.3) is 5.76 Å². The van der Waals surface area contributed by atoms with Crippen molar-refractivity contribution < 1.29 is 28.9 Å². The SMILES string of the molecule is CCN(CC)CCN1C(=O)C(=O)C(=C(O)c2ccc3c(c2)OCCO3)[C@H]1c1ccc(OC)cc1. The molecule has 180 valence electrons. The molecule has 2 aliphatic rings. The molecular weight excluding hydrogens is 436 g/mol. The number of methoxy groups -OCH3 is 1. The highest BCUT2D eigenvalue weighted by Crippen LogP contribution is 2.41. The molecule has 8 nitrogen and oxygen atoms in total. The van der Waals surface area contributed by atoms with Crippen molar-refractivity contribution in [3.05, 3.63) is 59.2 Å². The quantitative estimate of drug-likeness (QED) is 0.363. The minimum atomic E-state index is -0.713. The Bertz CT molecular complexity index is 1090. The van der Waals surface area contributed by atoms with Gasteiger partial charge in [0.15, 0.2) is 11.5 Å². The second-order valence-electron chi connectivity index (χ2n) is 8.15. The number of hydrogen-bond donors (Lipinski definition) is 1. The number of carbonyl (C=O) groups excluding carboxylic acids is 2. The van der Waals surface area contributed by atoms with Crippen LogP contribution in [0.5, 0.6) is 17.2 Å². The summed E-state index contributed by atoms with van der Waals surface area (Å²) in [6.45, 7) is 7.63. The van der Waals surface area contributed by atoms with Crippen molar-refractivity contribution >= 4 is 17.4 Å². The van der Waals surface area contributed by atoms with E-state index >= 15 is 0 Å². The first-order chi connectivity index (χ1) is 16.5. The number of ether oxygens (including phenoxy) is 3. The lowest BCUT2D eigenvalue weighted by Crippen LogP contribution is -2.38. The van der Waals surface area contributed by atoms with E-state index in [0.717, 1.165) is 18.7 Å². The van der Waals surface area contributed by atoms with Crippen LogP contribution in [-0.4, -0.2) is 73.1 Å². The summed E-state index contributed by atoms with van der Waals surface area (Å²) in [6.07, 6.45) is 0. The summed E-state index contributed by atoms with van der Waals surface area (Å²) in [5, 5.41) is 11.3. The Morgan fingerprint density at radius 2 is 1.74 bits per heavy atom. The second-order valence-corrected chi connectivity index (χ2v) is 8.15. The highest BCUT2D eigenvalue weighted by atomic mass is 16.6. The molecule has 2 aromatic rings. The zero-order valence-electron chi connectivity index (χ0n) is 19.7. The first kappa shape index (κ1) is 23.6. The maximum Gasteiger partial charge on any atom is 0.295 e. The third-order valence-corrected chi connectivity index (χ3v) is 6.34. The number of benzene rings is 2. The Hall–Kier alpha value is -3.52. The largest absolute Gasteiger partial charge is 0.507 e. The van der Waals surface area contributed by atoms with Gasteiger partial charge in [0, 0.05) is 18.7 Å². The van der Waals surface area contributed by atoms with Crippen LogP contribution in [0.3, 0.4) is 0 Å². The Morgan fingerprint density at radius 1 is 1.06 bits per heavy atom. The molecule has 0 unspecified atom stereocenters. The maximum absolute atomic E-state index is 13.2. The monoisotopic (exact) mass is 466 g/mol. The van der Waals surface area contributed by atoms with Crippen molar-refractivity contribution in [3.8, 4) is 17.2 Å². The lowest BCUT2D eigenvalue weighted by atomic mass is 9.95. The molecule has 1 atom stereocenters. The zero-order valence-corrected chi connectivity index (χ0v) is 19.7. The van der Waals surface area contributed by atoms with Crippen molar-refractivity contribution in [3.63, 3.8) is 0 Å². The number of likely N-dealkylation sites (N-methyl/N-ethyl adjacent to an activating group) is 1. The topological polar surface area (TPSA) is 88.5 Å². The van der Waals surface area contributed by atoms with Gasteiger partial charge in [-0.2, -0.15) is 0 Å². The first-order valence-corrected chi connectivity index (χ1v) is 11.5. The Balaban J connectivity index is 1.78. The molecule has 1 N–H and O–H groups in total. The molecular formula is C26H30N2O6. The number of likely N-dealkylation sites (tertiary alicyclic amines) is 1. The van der Waals surface area contributed by atoms with Crippen molar-refractivity contribution in [2.75, 3.05) is 46.5 Å². The number of nitrogens with zero attached hydrogens (tertiary/aromatic N) is 2. The van der Waals surface area contributed by atoms with E-state index < -0.39 is 17.7 Å². The number of ketones is 1. The van der Waals surface area contributed by atoms with Gasteiger partial charge in [-0.3, -0.25) is 9.59 Å². The van der Waals surface area contributed by atoms with E-state index in [0.29, 0.717) is 49.1 Å². The molecule has 1 fully saturated rings. The number of fused-ring (bicyclic) bond motifs is 1. The van der Waals surface area contributed by atoms with Crippen LogP contribution >= 0.6 is 0 Å². The predicted octanol–water partition coefficient (Wildman–Crippen LogP) is 3.23. The number of carbonyl (C=O) groups is 2. The molecule has 0 aliphatic carbocycles. The van der Waals surface area contributed by atoms with E-state index in [4.69, 9.17) is 14.2 Å². The van der Waals surface area contributed by atoms with Gasteiger partial charge in [0.05, 0.1) is 18.7 Å². The standard InChI is InChI=1S/C26H30N2O6/c1-4-27(5-2)12-13-28-23(17-6-9-19(32-3)10-7-17)22(25(30)26(28)31)24(29)18-8-11-20-21(16-18)34-15-14-33-20/h6-11,16,23,29H,4-5,12-15H2,1-3H3/t23-/m1/s1. The molecule has 2 aromatic carbocycles. The van der Waals surface area contributed by atoms with Crippen molar-refractivity contribution in [2.45, 2.75) is 19.9 Å². The van der Waals surface area contributed by atoms with Gasteiger partial charge in [-0.15, -0.1) is 0 Å². The summed E-state index contributed by atoms with van der Waals surface area (Å²) in [7, 11) is 1.58. The number of hydrogen-bond acceptors (Lipinski definition) is 7. The van der Waals surface area contributed by atoms with Crippen LogP contribution in [0.4, 0.5) is 0 Å². The number of rotatable bonds is 8. The van der Waals surface area contributed by atoms with Crippen LogP contribution < -0.4 is 14.2 Å². The molecule has 0 spiro atoms. The molecule has 0 radical (unpaired) electrons. The van der Waals surface area contributed by atoms with Crippen LogP contribution in [0.2, 0.25) is 0 Å². The minimum Gasteiger partial charge on any atom is -0.507 e. The van der Waals surface area contributed by atoms with Gasteiger partial charge in [0.2, 0.25) is 0 Å². The summed E-state index contributed by atoms with van der Waals surface area (Å²) in [6, 6.07) is 11.5. The van der Waals surface area contributed by atoms with Gasteiger partial charge < -0.3 is 29.1 Å². The highest BCUT2D eigenvalue weighted by Gasteiger charge is 2.46. The van der Waals surface area contributed by atoms with Crippen molar-refractivity contribution in [1.29, 1.82) is 0 Å². The molecule has 0 bridgehead atoms. The summed E-state index contributed by atoms with van der Waals surface area (Å²) in [5.41, 5.74) is 1.18. The molecule has 2 heterocycles. The molecule has 1 amide bonds. The van der Waals surface area contributed by atoms with Gasteiger partial charge in [-0.1, -0.05) is 26.0 Å². The predicted molar refractivity (Wildman–Crippen MR) is 127 cm³/mol. The van der Waals surface area contributed by atoms with Gasteiger partial charge in [-0.25, -0.2) is 0 Å². The average Bonchev–Trinajstić information content (AvgIpc) is 3.13. The second kappa shape index (κ2) is 10.2. The van der Waals surface area contributed by atoms with Gasteiger partial charge in [0.25, 0.3) is 11.7 Å². The average molecular weight is 467 g/mol. The van der Waals surface area contributed by atoms with Crippen molar-refractivity contribution in [1.82, 2.24) is 9.80 Å². The third kappa shape index (κ3) is 4.46. The lowest BCUT2D eigenvalue weighted by molar-refractivity contribution is -0.140. The Labute approximate surface area is 199 Å². The van der Waals surface area contributed by atoms with E-state index in [1.807, 2.05) is 12.1 Å². The zero-order chi connectivity index (χ0) is 24.2. The lowest BCUT2D eigenvalue weighted by Gasteiger charge is -2.28. The first-order valence-electron chi connectivity index (χ1n) is 11.5. The molecule has 0 aromatic heterocycles. The van der Waals surface area contributed by atoms with Crippen molar-refractivity contribution in [2.24, 2.45) is 0 Å². The van der Waals surface area contributed by atoms with E-state index in [1.54, 1.807) is 42.3 Å². The van der Waals surface area contributed by atoms with Crippen LogP contribution in [-0.2, 0) is 9.59 Å². The van der Waals surface area contributed by atoms with Crippen LogP contribution in [0, 0.1) is 0 Å².